The molecule has 1 unspecified atom stereocenters. The lowest BCUT2D eigenvalue weighted by Crippen LogP contribution is -2.48. The molecule has 0 saturated heterocycles. The third-order valence-corrected chi connectivity index (χ3v) is 5.61. The van der Waals surface area contributed by atoms with E-state index in [-0.39, 0.29) is 30.6 Å². The van der Waals surface area contributed by atoms with Crippen LogP contribution in [0.4, 0.5) is 4.39 Å². The Kier molecular flexibility index (Phi) is 7.98. The zero-order chi connectivity index (χ0) is 23.1. The van der Waals surface area contributed by atoms with Gasteiger partial charge in [0.2, 0.25) is 11.8 Å². The Morgan fingerprint density at radius 1 is 0.938 bits per heavy atom. The van der Waals surface area contributed by atoms with E-state index < -0.39 is 6.04 Å². The lowest BCUT2D eigenvalue weighted by molar-refractivity contribution is -0.140. The number of hydrogen-bond donors (Lipinski definition) is 1. The number of fused-ring (bicyclic) bond motifs is 1. The fraction of sp³-hybridized carbons (Fsp3) is 0.333. The van der Waals surface area contributed by atoms with Gasteiger partial charge in [0.05, 0.1) is 0 Å². The molecule has 5 heteroatoms. The van der Waals surface area contributed by atoms with E-state index in [2.05, 4.69) is 23.5 Å². The summed E-state index contributed by atoms with van der Waals surface area (Å²) in [6, 6.07) is 19.6. The Hall–Kier alpha value is -3.21. The fourth-order valence-electron chi connectivity index (χ4n) is 3.72. The molecule has 0 saturated carbocycles. The minimum absolute atomic E-state index is 0.102. The second kappa shape index (κ2) is 10.9. The zero-order valence-corrected chi connectivity index (χ0v) is 19.0. The SMILES string of the molecule is CC(C)CNC(=O)C(C)N(Cc1ccc(F)cc1)C(=O)CCc1cccc2ccccc12. The molecule has 1 atom stereocenters. The van der Waals surface area contributed by atoms with Gasteiger partial charge in [-0.25, -0.2) is 4.39 Å². The molecule has 0 aliphatic heterocycles. The highest BCUT2D eigenvalue weighted by Crippen LogP contribution is 2.21. The van der Waals surface area contributed by atoms with Crippen LogP contribution in [0.25, 0.3) is 10.8 Å². The van der Waals surface area contributed by atoms with Crippen molar-refractivity contribution in [2.45, 2.75) is 46.2 Å². The molecule has 0 aliphatic carbocycles. The lowest BCUT2D eigenvalue weighted by Gasteiger charge is -2.29. The third kappa shape index (κ3) is 6.16. The van der Waals surface area contributed by atoms with Crippen LogP contribution >= 0.6 is 0 Å². The number of carbonyl (C=O) groups excluding carboxylic acids is 2. The predicted octanol–water partition coefficient (Wildman–Crippen LogP) is 5.10. The third-order valence-electron chi connectivity index (χ3n) is 5.61. The van der Waals surface area contributed by atoms with Crippen LogP contribution in [0.3, 0.4) is 0 Å². The average Bonchev–Trinajstić information content (AvgIpc) is 2.80. The highest BCUT2D eigenvalue weighted by Gasteiger charge is 2.26. The van der Waals surface area contributed by atoms with E-state index in [1.807, 2.05) is 38.1 Å². The summed E-state index contributed by atoms with van der Waals surface area (Å²) in [5.74, 6) is -0.294. The van der Waals surface area contributed by atoms with E-state index in [1.165, 1.54) is 12.1 Å². The van der Waals surface area contributed by atoms with Crippen LogP contribution in [-0.2, 0) is 22.6 Å². The van der Waals surface area contributed by atoms with Crippen molar-refractivity contribution in [2.24, 2.45) is 5.92 Å². The molecule has 0 fully saturated rings. The molecule has 32 heavy (non-hydrogen) atoms. The molecule has 0 bridgehead atoms. The molecule has 0 aliphatic rings. The molecule has 2 amide bonds. The Balaban J connectivity index is 1.76. The van der Waals surface area contributed by atoms with E-state index >= 15 is 0 Å². The summed E-state index contributed by atoms with van der Waals surface area (Å²) >= 11 is 0. The Bertz CT molecular complexity index is 1060. The number of amides is 2. The number of hydrogen-bond acceptors (Lipinski definition) is 2. The number of halogens is 1. The maximum Gasteiger partial charge on any atom is 0.242 e. The molecule has 0 radical (unpaired) electrons. The van der Waals surface area contributed by atoms with Crippen LogP contribution in [0.2, 0.25) is 0 Å². The molecule has 0 spiro atoms. The van der Waals surface area contributed by atoms with Crippen LogP contribution in [0.15, 0.2) is 66.7 Å². The topological polar surface area (TPSA) is 49.4 Å². The van der Waals surface area contributed by atoms with Crippen LogP contribution in [0.5, 0.6) is 0 Å². The molecule has 3 aromatic carbocycles. The summed E-state index contributed by atoms with van der Waals surface area (Å²) in [7, 11) is 0. The molecule has 168 valence electrons. The first-order valence-corrected chi connectivity index (χ1v) is 11.1. The Morgan fingerprint density at radius 2 is 1.62 bits per heavy atom. The summed E-state index contributed by atoms with van der Waals surface area (Å²) in [6.07, 6.45) is 0.872. The number of nitrogens with zero attached hydrogens (tertiary/aromatic N) is 1. The Morgan fingerprint density at radius 3 is 2.34 bits per heavy atom. The van der Waals surface area contributed by atoms with Crippen LogP contribution < -0.4 is 5.32 Å². The predicted molar refractivity (Wildman–Crippen MR) is 127 cm³/mol. The van der Waals surface area contributed by atoms with E-state index in [0.29, 0.717) is 18.9 Å². The Labute approximate surface area is 189 Å². The van der Waals surface area contributed by atoms with Crippen molar-refractivity contribution in [3.8, 4) is 0 Å². The summed E-state index contributed by atoms with van der Waals surface area (Å²) in [5.41, 5.74) is 1.89. The van der Waals surface area contributed by atoms with E-state index in [0.717, 1.165) is 21.9 Å². The lowest BCUT2D eigenvalue weighted by atomic mass is 10.0. The second-order valence-electron chi connectivity index (χ2n) is 8.60. The molecule has 3 rings (SSSR count). The van der Waals surface area contributed by atoms with Crippen molar-refractivity contribution in [1.29, 1.82) is 0 Å². The second-order valence-corrected chi connectivity index (χ2v) is 8.60. The number of rotatable bonds is 9. The van der Waals surface area contributed by atoms with Crippen molar-refractivity contribution in [3.05, 3.63) is 83.7 Å². The van der Waals surface area contributed by atoms with Gasteiger partial charge in [-0.2, -0.15) is 0 Å². The van der Waals surface area contributed by atoms with Crippen molar-refractivity contribution in [2.75, 3.05) is 6.54 Å². The van der Waals surface area contributed by atoms with Crippen molar-refractivity contribution in [3.63, 3.8) is 0 Å². The average molecular weight is 435 g/mol. The fourth-order valence-corrected chi connectivity index (χ4v) is 3.72. The largest absolute Gasteiger partial charge is 0.354 e. The minimum Gasteiger partial charge on any atom is -0.354 e. The first kappa shape index (κ1) is 23.5. The van der Waals surface area contributed by atoms with Gasteiger partial charge in [-0.1, -0.05) is 68.4 Å². The van der Waals surface area contributed by atoms with Gasteiger partial charge in [-0.3, -0.25) is 9.59 Å². The van der Waals surface area contributed by atoms with Crippen molar-refractivity contribution in [1.82, 2.24) is 10.2 Å². The number of carbonyl (C=O) groups is 2. The smallest absolute Gasteiger partial charge is 0.242 e. The quantitative estimate of drug-likeness (QED) is 0.509. The normalized spacial score (nSPS) is 12.0. The standard InChI is InChI=1S/C27H31FN2O2/c1-19(2)17-29-27(32)20(3)30(18-21-11-14-24(28)15-12-21)26(31)16-13-23-9-6-8-22-7-4-5-10-25(22)23/h4-12,14-15,19-20H,13,16-18H2,1-3H3,(H,29,32). The summed E-state index contributed by atoms with van der Waals surface area (Å²) in [6.45, 7) is 6.60. The first-order chi connectivity index (χ1) is 15.3. The van der Waals surface area contributed by atoms with Crippen LogP contribution in [0.1, 0.15) is 38.3 Å². The van der Waals surface area contributed by atoms with Gasteiger partial charge in [0, 0.05) is 19.5 Å². The maximum absolute atomic E-state index is 13.3. The molecule has 3 aromatic rings. The first-order valence-electron chi connectivity index (χ1n) is 11.1. The molecule has 0 heterocycles. The van der Waals surface area contributed by atoms with Crippen LogP contribution in [0, 0.1) is 11.7 Å². The molecule has 0 aromatic heterocycles. The maximum atomic E-state index is 13.3. The minimum atomic E-state index is -0.626. The number of aryl methyl sites for hydroxylation is 1. The molecular formula is C27H31FN2O2. The van der Waals surface area contributed by atoms with Gasteiger partial charge in [0.15, 0.2) is 0 Å². The molecular weight excluding hydrogens is 403 g/mol. The number of nitrogens with one attached hydrogen (secondary N) is 1. The monoisotopic (exact) mass is 434 g/mol. The van der Waals surface area contributed by atoms with E-state index in [1.54, 1.807) is 24.0 Å². The number of benzene rings is 3. The van der Waals surface area contributed by atoms with Gasteiger partial charge in [-0.05, 0) is 53.3 Å². The van der Waals surface area contributed by atoms with Gasteiger partial charge in [-0.15, -0.1) is 0 Å². The van der Waals surface area contributed by atoms with Gasteiger partial charge >= 0.3 is 0 Å². The highest BCUT2D eigenvalue weighted by atomic mass is 19.1. The van der Waals surface area contributed by atoms with Crippen molar-refractivity contribution < 1.29 is 14.0 Å². The van der Waals surface area contributed by atoms with Gasteiger partial charge in [0.1, 0.15) is 11.9 Å². The molecule has 4 nitrogen and oxygen atoms in total. The summed E-state index contributed by atoms with van der Waals surface area (Å²) in [5, 5.41) is 5.19. The summed E-state index contributed by atoms with van der Waals surface area (Å²) < 4.78 is 13.3. The van der Waals surface area contributed by atoms with Crippen molar-refractivity contribution >= 4 is 22.6 Å². The highest BCUT2D eigenvalue weighted by molar-refractivity contribution is 5.88. The summed E-state index contributed by atoms with van der Waals surface area (Å²) in [4.78, 5) is 27.6. The molecule has 1 N–H and O–H groups in total. The van der Waals surface area contributed by atoms with E-state index in [4.69, 9.17) is 0 Å². The van der Waals surface area contributed by atoms with Gasteiger partial charge < -0.3 is 10.2 Å². The van der Waals surface area contributed by atoms with Crippen LogP contribution in [-0.4, -0.2) is 29.3 Å². The van der Waals surface area contributed by atoms with E-state index in [9.17, 15) is 14.0 Å². The zero-order valence-electron chi connectivity index (χ0n) is 19.0. The van der Waals surface area contributed by atoms with Gasteiger partial charge in [0.25, 0.3) is 0 Å².